The molecule has 0 radical (unpaired) electrons. The van der Waals surface area contributed by atoms with Crippen molar-refractivity contribution >= 4 is 17.3 Å². The maximum absolute atomic E-state index is 12.1. The average molecular weight is 256 g/mol. The van der Waals surface area contributed by atoms with Crippen LogP contribution >= 0.6 is 0 Å². The van der Waals surface area contributed by atoms with Crippen LogP contribution in [0.25, 0.3) is 0 Å². The Morgan fingerprint density at radius 1 is 1.21 bits per heavy atom. The van der Waals surface area contributed by atoms with E-state index in [0.717, 1.165) is 11.1 Å². The highest BCUT2D eigenvalue weighted by Crippen LogP contribution is 2.29. The molecular formula is C15H16N2O2. The van der Waals surface area contributed by atoms with Gasteiger partial charge in [0.05, 0.1) is 5.69 Å². The summed E-state index contributed by atoms with van der Waals surface area (Å²) in [4.78, 5) is 12.1. The van der Waals surface area contributed by atoms with E-state index >= 15 is 0 Å². The number of benzene rings is 2. The van der Waals surface area contributed by atoms with Gasteiger partial charge >= 0.3 is 0 Å². The maximum atomic E-state index is 12.1. The van der Waals surface area contributed by atoms with Crippen LogP contribution in [0.5, 0.6) is 5.75 Å². The van der Waals surface area contributed by atoms with Crippen molar-refractivity contribution in [3.8, 4) is 5.75 Å². The van der Waals surface area contributed by atoms with Gasteiger partial charge in [0.15, 0.2) is 0 Å². The molecule has 4 N–H and O–H groups in total. The van der Waals surface area contributed by atoms with Crippen LogP contribution in [-0.2, 0) is 0 Å². The zero-order chi connectivity index (χ0) is 14.0. The van der Waals surface area contributed by atoms with Crippen molar-refractivity contribution < 1.29 is 9.90 Å². The van der Waals surface area contributed by atoms with E-state index in [4.69, 9.17) is 5.73 Å². The number of amides is 1. The maximum Gasteiger partial charge on any atom is 0.255 e. The highest BCUT2D eigenvalue weighted by Gasteiger charge is 2.11. The monoisotopic (exact) mass is 256 g/mol. The molecule has 0 heterocycles. The first-order valence-corrected chi connectivity index (χ1v) is 5.94. The molecule has 0 spiro atoms. The summed E-state index contributed by atoms with van der Waals surface area (Å²) in [6.07, 6.45) is 0. The molecule has 2 aromatic rings. The molecule has 98 valence electrons. The fourth-order valence-electron chi connectivity index (χ4n) is 1.93. The lowest BCUT2D eigenvalue weighted by Crippen LogP contribution is -2.12. The van der Waals surface area contributed by atoms with Crippen LogP contribution in [0.4, 0.5) is 11.4 Å². The third kappa shape index (κ3) is 2.85. The number of aromatic hydroxyl groups is 1. The Bertz CT molecular complexity index is 636. The summed E-state index contributed by atoms with van der Waals surface area (Å²) in [7, 11) is 0. The molecule has 0 bridgehead atoms. The Balaban J connectivity index is 2.29. The highest BCUT2D eigenvalue weighted by molar-refractivity contribution is 6.05. The minimum Gasteiger partial charge on any atom is -0.505 e. The highest BCUT2D eigenvalue weighted by atomic mass is 16.3. The normalized spacial score (nSPS) is 10.2. The standard InChI is InChI=1S/C15H16N2O2/c1-9-6-10(2)14(18)13(7-9)17-15(19)11-4-3-5-12(16)8-11/h3-8,18H,16H2,1-2H3,(H,17,19). The average Bonchev–Trinajstić information content (AvgIpc) is 2.35. The molecule has 0 fully saturated rings. The molecule has 0 saturated heterocycles. The lowest BCUT2D eigenvalue weighted by molar-refractivity contribution is 0.102. The smallest absolute Gasteiger partial charge is 0.255 e. The number of anilines is 2. The Kier molecular flexibility index (Phi) is 3.42. The van der Waals surface area contributed by atoms with Crippen molar-refractivity contribution in [2.24, 2.45) is 0 Å². The van der Waals surface area contributed by atoms with Crippen molar-refractivity contribution in [1.29, 1.82) is 0 Å². The summed E-state index contributed by atoms with van der Waals surface area (Å²) in [5, 5.41) is 12.6. The van der Waals surface area contributed by atoms with Gasteiger partial charge in [0.25, 0.3) is 5.91 Å². The fraction of sp³-hybridized carbons (Fsp3) is 0.133. The zero-order valence-corrected chi connectivity index (χ0v) is 10.9. The van der Waals surface area contributed by atoms with Crippen LogP contribution in [-0.4, -0.2) is 11.0 Å². The molecule has 19 heavy (non-hydrogen) atoms. The summed E-state index contributed by atoms with van der Waals surface area (Å²) in [5.41, 5.74) is 8.72. The van der Waals surface area contributed by atoms with Gasteiger partial charge in [0.2, 0.25) is 0 Å². The van der Waals surface area contributed by atoms with Gasteiger partial charge < -0.3 is 16.2 Å². The molecule has 4 nitrogen and oxygen atoms in total. The van der Waals surface area contributed by atoms with E-state index in [1.807, 2.05) is 13.0 Å². The first kappa shape index (κ1) is 13.0. The topological polar surface area (TPSA) is 75.3 Å². The van der Waals surface area contributed by atoms with Gasteiger partial charge in [-0.05, 0) is 49.2 Å². The van der Waals surface area contributed by atoms with Crippen LogP contribution in [0.2, 0.25) is 0 Å². The molecule has 0 atom stereocenters. The number of phenols is 1. The number of nitrogens with two attached hydrogens (primary N) is 1. The molecule has 0 saturated carbocycles. The Hall–Kier alpha value is -2.49. The van der Waals surface area contributed by atoms with Crippen molar-refractivity contribution in [3.05, 3.63) is 53.1 Å². The van der Waals surface area contributed by atoms with Crippen LogP contribution in [0.1, 0.15) is 21.5 Å². The van der Waals surface area contributed by atoms with Gasteiger partial charge in [-0.3, -0.25) is 4.79 Å². The van der Waals surface area contributed by atoms with E-state index in [2.05, 4.69) is 5.32 Å². The Morgan fingerprint density at radius 3 is 2.63 bits per heavy atom. The van der Waals surface area contributed by atoms with E-state index in [-0.39, 0.29) is 11.7 Å². The summed E-state index contributed by atoms with van der Waals surface area (Å²) in [5.74, 6) is -0.213. The van der Waals surface area contributed by atoms with Crippen molar-refractivity contribution in [3.63, 3.8) is 0 Å². The fourth-order valence-corrected chi connectivity index (χ4v) is 1.93. The van der Waals surface area contributed by atoms with E-state index in [0.29, 0.717) is 16.9 Å². The predicted octanol–water partition coefficient (Wildman–Crippen LogP) is 2.84. The molecule has 4 heteroatoms. The first-order chi connectivity index (χ1) is 8.97. The second-order valence-electron chi connectivity index (χ2n) is 4.56. The Labute approximate surface area is 111 Å². The van der Waals surface area contributed by atoms with Crippen molar-refractivity contribution in [1.82, 2.24) is 0 Å². The van der Waals surface area contributed by atoms with Gasteiger partial charge in [-0.1, -0.05) is 12.1 Å². The van der Waals surface area contributed by atoms with Crippen LogP contribution in [0.3, 0.4) is 0 Å². The molecule has 1 amide bonds. The molecule has 0 aliphatic rings. The van der Waals surface area contributed by atoms with Gasteiger partial charge in [0, 0.05) is 11.3 Å². The summed E-state index contributed by atoms with van der Waals surface area (Å²) in [6.45, 7) is 3.70. The summed E-state index contributed by atoms with van der Waals surface area (Å²) < 4.78 is 0. The SMILES string of the molecule is Cc1cc(C)c(O)c(NC(=O)c2cccc(N)c2)c1. The lowest BCUT2D eigenvalue weighted by Gasteiger charge is -2.11. The minimum atomic E-state index is -0.299. The number of phenolic OH excluding ortho intramolecular Hbond substituents is 1. The Morgan fingerprint density at radius 2 is 1.95 bits per heavy atom. The minimum absolute atomic E-state index is 0.0860. The van der Waals surface area contributed by atoms with E-state index < -0.39 is 0 Å². The van der Waals surface area contributed by atoms with Gasteiger partial charge in [-0.25, -0.2) is 0 Å². The van der Waals surface area contributed by atoms with E-state index in [1.54, 1.807) is 37.3 Å². The molecule has 0 aliphatic carbocycles. The zero-order valence-electron chi connectivity index (χ0n) is 10.9. The number of aryl methyl sites for hydroxylation is 2. The number of carbonyl (C=O) groups is 1. The molecule has 2 aromatic carbocycles. The van der Waals surface area contributed by atoms with E-state index in [9.17, 15) is 9.90 Å². The van der Waals surface area contributed by atoms with Crippen LogP contribution in [0, 0.1) is 13.8 Å². The first-order valence-electron chi connectivity index (χ1n) is 5.94. The van der Waals surface area contributed by atoms with Crippen LogP contribution < -0.4 is 11.1 Å². The van der Waals surface area contributed by atoms with Crippen molar-refractivity contribution in [2.45, 2.75) is 13.8 Å². The predicted molar refractivity (Wildman–Crippen MR) is 76.4 cm³/mol. The second-order valence-corrected chi connectivity index (χ2v) is 4.56. The number of hydrogen-bond donors (Lipinski definition) is 3. The number of rotatable bonds is 2. The summed E-state index contributed by atoms with van der Waals surface area (Å²) >= 11 is 0. The second kappa shape index (κ2) is 5.02. The molecule has 0 aliphatic heterocycles. The molecule has 2 rings (SSSR count). The van der Waals surface area contributed by atoms with Gasteiger partial charge in [-0.15, -0.1) is 0 Å². The number of nitrogens with one attached hydrogen (secondary N) is 1. The van der Waals surface area contributed by atoms with Crippen molar-refractivity contribution in [2.75, 3.05) is 11.1 Å². The number of carbonyl (C=O) groups excluding carboxylic acids is 1. The molecular weight excluding hydrogens is 240 g/mol. The van der Waals surface area contributed by atoms with E-state index in [1.165, 1.54) is 0 Å². The molecule has 0 aromatic heterocycles. The third-order valence-corrected chi connectivity index (χ3v) is 2.84. The summed E-state index contributed by atoms with van der Waals surface area (Å²) in [6, 6.07) is 10.3. The third-order valence-electron chi connectivity index (χ3n) is 2.84. The lowest BCUT2D eigenvalue weighted by atomic mass is 10.1. The quantitative estimate of drug-likeness (QED) is 0.571. The molecule has 0 unspecified atom stereocenters. The largest absolute Gasteiger partial charge is 0.505 e. The number of hydrogen-bond acceptors (Lipinski definition) is 3. The van der Waals surface area contributed by atoms with Gasteiger partial charge in [0.1, 0.15) is 5.75 Å². The number of nitrogen functional groups attached to an aromatic ring is 1. The van der Waals surface area contributed by atoms with Gasteiger partial charge in [-0.2, -0.15) is 0 Å². The van der Waals surface area contributed by atoms with Crippen LogP contribution in [0.15, 0.2) is 36.4 Å².